The lowest BCUT2D eigenvalue weighted by molar-refractivity contribution is -0.384. The van der Waals surface area contributed by atoms with E-state index in [-0.39, 0.29) is 16.9 Å². The largest absolute Gasteiger partial charge is 0.478 e. The van der Waals surface area contributed by atoms with E-state index in [1.54, 1.807) is 19.1 Å². The second-order valence-electron chi connectivity index (χ2n) is 7.47. The van der Waals surface area contributed by atoms with Gasteiger partial charge in [-0.2, -0.15) is 0 Å². The van der Waals surface area contributed by atoms with Crippen molar-refractivity contribution in [3.63, 3.8) is 0 Å². The highest BCUT2D eigenvalue weighted by Crippen LogP contribution is 2.58. The number of non-ortho nitro benzene ring substituents is 1. The molecule has 1 aromatic rings. The number of aliphatic imine (C=N–C) groups is 1. The lowest BCUT2D eigenvalue weighted by atomic mass is 9.83. The van der Waals surface area contributed by atoms with Crippen LogP contribution in [0.3, 0.4) is 0 Å². The molecule has 1 aliphatic rings. The number of carbonyl (C=O) groups is 1. The zero-order valence-corrected chi connectivity index (χ0v) is 17.5. The Morgan fingerprint density at radius 2 is 1.81 bits per heavy atom. The first-order chi connectivity index (χ1) is 12.6. The quantitative estimate of drug-likeness (QED) is 0.411. The Hall–Kier alpha value is -2.07. The molecule has 1 heterocycles. The molecular formula is C20H27N2O4P. The highest BCUT2D eigenvalue weighted by Gasteiger charge is 2.42. The maximum absolute atomic E-state index is 12.1. The van der Waals surface area contributed by atoms with Crippen molar-refractivity contribution >= 4 is 25.3 Å². The highest BCUT2D eigenvalue weighted by atomic mass is 31.1. The third-order valence-electron chi connectivity index (χ3n) is 4.97. The van der Waals surface area contributed by atoms with Crippen LogP contribution in [0.2, 0.25) is 0 Å². The molecular weight excluding hydrogens is 363 g/mol. The number of hydrogen-bond donors (Lipinski definition) is 1. The van der Waals surface area contributed by atoms with Crippen LogP contribution in [0.4, 0.5) is 5.69 Å². The topological polar surface area (TPSA) is 92.8 Å². The number of carboxylic acids is 1. The fourth-order valence-electron chi connectivity index (χ4n) is 4.11. The third-order valence-corrected chi connectivity index (χ3v) is 8.67. The number of nitro benzene ring substituents is 1. The maximum atomic E-state index is 12.1. The van der Waals surface area contributed by atoms with Crippen molar-refractivity contribution in [2.75, 3.05) is 0 Å². The van der Waals surface area contributed by atoms with Crippen LogP contribution in [0.25, 0.3) is 0 Å². The third kappa shape index (κ3) is 4.27. The summed E-state index contributed by atoms with van der Waals surface area (Å²) in [5.41, 5.74) is 3.00. The average Bonchev–Trinajstić information content (AvgIpc) is 2.55. The van der Waals surface area contributed by atoms with Gasteiger partial charge in [0.05, 0.1) is 10.5 Å². The van der Waals surface area contributed by atoms with Crippen LogP contribution in [0.5, 0.6) is 0 Å². The number of carboxylic acid groups (broad SMARTS) is 1. The van der Waals surface area contributed by atoms with Crippen molar-refractivity contribution in [1.29, 1.82) is 0 Å². The van der Waals surface area contributed by atoms with E-state index in [9.17, 15) is 20.0 Å². The predicted molar refractivity (Wildman–Crippen MR) is 110 cm³/mol. The zero-order chi connectivity index (χ0) is 20.5. The monoisotopic (exact) mass is 390 g/mol. The molecule has 7 heteroatoms. The van der Waals surface area contributed by atoms with Gasteiger partial charge < -0.3 is 5.11 Å². The Kier molecular flexibility index (Phi) is 6.53. The summed E-state index contributed by atoms with van der Waals surface area (Å²) < 4.78 is 0. The van der Waals surface area contributed by atoms with E-state index in [0.29, 0.717) is 22.6 Å². The summed E-state index contributed by atoms with van der Waals surface area (Å²) in [7, 11) is -0.593. The van der Waals surface area contributed by atoms with Gasteiger partial charge in [0.15, 0.2) is 0 Å². The normalized spacial score (nSPS) is 20.4. The average molecular weight is 390 g/mol. The number of nitro groups is 1. The molecule has 27 heavy (non-hydrogen) atoms. The summed E-state index contributed by atoms with van der Waals surface area (Å²) in [6.45, 7) is 12.3. The van der Waals surface area contributed by atoms with Crippen LogP contribution in [0.15, 0.2) is 40.5 Å². The van der Waals surface area contributed by atoms with E-state index in [0.717, 1.165) is 5.71 Å². The van der Waals surface area contributed by atoms with E-state index in [1.807, 2.05) is 6.92 Å². The van der Waals surface area contributed by atoms with Gasteiger partial charge in [-0.15, -0.1) is 0 Å². The molecule has 1 N–H and O–H groups in total. The minimum atomic E-state index is -1.01. The molecule has 6 nitrogen and oxygen atoms in total. The second kappa shape index (κ2) is 8.30. The Morgan fingerprint density at radius 3 is 2.30 bits per heavy atom. The Balaban J connectivity index is 2.74. The SMILES string of the molecule is CC1=NC(C)=C(C(=O)O)C(c2cccc([N+](=O)[O-])c2)C1P(C(C)C)C(C)C. The van der Waals surface area contributed by atoms with Crippen molar-refractivity contribution in [2.45, 2.75) is 64.4 Å². The van der Waals surface area contributed by atoms with E-state index in [1.165, 1.54) is 12.1 Å². The van der Waals surface area contributed by atoms with Crippen LogP contribution < -0.4 is 0 Å². The van der Waals surface area contributed by atoms with Gasteiger partial charge in [0.1, 0.15) is 0 Å². The van der Waals surface area contributed by atoms with Crippen molar-refractivity contribution in [1.82, 2.24) is 0 Å². The van der Waals surface area contributed by atoms with Gasteiger partial charge in [-0.25, -0.2) is 4.79 Å². The van der Waals surface area contributed by atoms with Gasteiger partial charge in [-0.3, -0.25) is 15.1 Å². The lowest BCUT2D eigenvalue weighted by Crippen LogP contribution is -2.36. The Bertz CT molecular complexity index is 806. The van der Waals surface area contributed by atoms with Crippen LogP contribution >= 0.6 is 7.92 Å². The Labute approximate surface area is 161 Å². The summed E-state index contributed by atoms with van der Waals surface area (Å²) >= 11 is 0. The number of allylic oxidation sites excluding steroid dienone is 1. The van der Waals surface area contributed by atoms with Crippen molar-refractivity contribution in [3.05, 3.63) is 51.2 Å². The van der Waals surface area contributed by atoms with Crippen molar-refractivity contribution < 1.29 is 14.8 Å². The summed E-state index contributed by atoms with van der Waals surface area (Å²) in [5.74, 6) is -1.44. The molecule has 0 saturated heterocycles. The molecule has 0 aromatic heterocycles. The van der Waals surface area contributed by atoms with Crippen molar-refractivity contribution in [2.24, 2.45) is 4.99 Å². The van der Waals surface area contributed by atoms with E-state index < -0.39 is 24.7 Å². The van der Waals surface area contributed by atoms with Gasteiger partial charge >= 0.3 is 5.97 Å². The van der Waals surface area contributed by atoms with Gasteiger partial charge in [-0.1, -0.05) is 47.7 Å². The van der Waals surface area contributed by atoms with E-state index >= 15 is 0 Å². The first kappa shape index (κ1) is 21.2. The molecule has 0 radical (unpaired) electrons. The van der Waals surface area contributed by atoms with E-state index in [2.05, 4.69) is 32.7 Å². The summed E-state index contributed by atoms with van der Waals surface area (Å²) in [5, 5.41) is 21.2. The Morgan fingerprint density at radius 1 is 1.22 bits per heavy atom. The summed E-state index contributed by atoms with van der Waals surface area (Å²) in [6.07, 6.45) is 0. The first-order valence-corrected chi connectivity index (χ1v) is 10.6. The fourth-order valence-corrected chi connectivity index (χ4v) is 7.74. The van der Waals surface area contributed by atoms with Crippen LogP contribution in [0, 0.1) is 10.1 Å². The smallest absolute Gasteiger partial charge is 0.334 e. The molecule has 0 spiro atoms. The molecule has 1 aromatic carbocycles. The molecule has 2 rings (SSSR count). The zero-order valence-electron chi connectivity index (χ0n) is 16.6. The summed E-state index contributed by atoms with van der Waals surface area (Å²) in [6, 6.07) is 6.38. The molecule has 2 atom stereocenters. The molecule has 0 amide bonds. The summed E-state index contributed by atoms with van der Waals surface area (Å²) in [4.78, 5) is 27.5. The number of nitrogens with zero attached hydrogens (tertiary/aromatic N) is 2. The first-order valence-electron chi connectivity index (χ1n) is 9.07. The van der Waals surface area contributed by atoms with Gasteiger partial charge in [0.2, 0.25) is 0 Å². The van der Waals surface area contributed by atoms with Crippen molar-refractivity contribution in [3.8, 4) is 0 Å². The lowest BCUT2D eigenvalue weighted by Gasteiger charge is -2.41. The molecule has 0 saturated carbocycles. The van der Waals surface area contributed by atoms with Crippen LogP contribution in [0.1, 0.15) is 53.0 Å². The fraction of sp³-hybridized carbons (Fsp3) is 0.500. The minimum absolute atomic E-state index is 0.0211. The molecule has 0 bridgehead atoms. The second-order valence-corrected chi connectivity index (χ2v) is 11.0. The molecule has 1 aliphatic heterocycles. The number of benzene rings is 1. The highest BCUT2D eigenvalue weighted by molar-refractivity contribution is 7.61. The number of aliphatic carboxylic acids is 1. The number of rotatable bonds is 6. The maximum Gasteiger partial charge on any atom is 0.334 e. The number of hydrogen-bond acceptors (Lipinski definition) is 4. The van der Waals surface area contributed by atoms with Crippen LogP contribution in [-0.2, 0) is 4.79 Å². The van der Waals surface area contributed by atoms with Gasteiger partial charge in [0.25, 0.3) is 5.69 Å². The minimum Gasteiger partial charge on any atom is -0.478 e. The van der Waals surface area contributed by atoms with Gasteiger partial charge in [0, 0.05) is 35.1 Å². The molecule has 0 aliphatic carbocycles. The predicted octanol–water partition coefficient (Wildman–Crippen LogP) is 5.18. The molecule has 0 fully saturated rings. The molecule has 2 unspecified atom stereocenters. The molecule has 146 valence electrons. The van der Waals surface area contributed by atoms with Gasteiger partial charge in [-0.05, 0) is 30.7 Å². The standard InChI is InChI=1S/C20H27N2O4P/c1-11(2)27(12(3)4)19-14(6)21-13(5)17(20(23)24)18(19)15-8-7-9-16(10-15)22(25)26/h7-12,18-19H,1-6H3,(H,23,24). The van der Waals surface area contributed by atoms with E-state index in [4.69, 9.17) is 0 Å². The van der Waals surface area contributed by atoms with Crippen LogP contribution in [-0.4, -0.2) is 38.7 Å².